The third-order valence-corrected chi connectivity index (χ3v) is 2.17. The first-order chi connectivity index (χ1) is 6.00. The average Bonchev–Trinajstić information content (AvgIpc) is 2.06. The van der Waals surface area contributed by atoms with Gasteiger partial charge in [0.25, 0.3) is 0 Å². The van der Waals surface area contributed by atoms with Crippen LogP contribution in [0.25, 0.3) is 0 Å². The van der Waals surface area contributed by atoms with Gasteiger partial charge in [0.05, 0.1) is 0 Å². The van der Waals surface area contributed by atoms with Gasteiger partial charge in [0.2, 0.25) is 0 Å². The van der Waals surface area contributed by atoms with Crippen LogP contribution in [0.1, 0.15) is 54.4 Å². The van der Waals surface area contributed by atoms with Gasteiger partial charge in [-0.05, 0) is 30.8 Å². The predicted molar refractivity (Wildman–Crippen MR) is 61.9 cm³/mol. The molecule has 0 saturated heterocycles. The van der Waals surface area contributed by atoms with Crippen LogP contribution in [0.2, 0.25) is 0 Å². The van der Waals surface area contributed by atoms with Crippen molar-refractivity contribution in [3.8, 4) is 0 Å². The highest BCUT2D eigenvalue weighted by molar-refractivity contribution is 5.30. The summed E-state index contributed by atoms with van der Waals surface area (Å²) < 4.78 is 0. The third-order valence-electron chi connectivity index (χ3n) is 2.17. The van der Waals surface area contributed by atoms with E-state index in [1.807, 2.05) is 13.8 Å². The fourth-order valence-corrected chi connectivity index (χ4v) is 1.37. The lowest BCUT2D eigenvalue weighted by atomic mass is 9.82. The van der Waals surface area contributed by atoms with Crippen molar-refractivity contribution in [1.29, 1.82) is 0 Å². The smallest absolute Gasteiger partial charge is 0.0135 e. The molecular formula is C13H24. The van der Waals surface area contributed by atoms with Gasteiger partial charge in [0, 0.05) is 0 Å². The largest absolute Gasteiger partial charge is 0.0805 e. The topological polar surface area (TPSA) is 0 Å². The molecule has 1 aliphatic rings. The first-order valence-corrected chi connectivity index (χ1v) is 5.38. The van der Waals surface area contributed by atoms with Gasteiger partial charge in [0.1, 0.15) is 0 Å². The van der Waals surface area contributed by atoms with Gasteiger partial charge in [-0.15, -0.1) is 0 Å². The molecule has 0 N–H and O–H groups in total. The van der Waals surface area contributed by atoms with Crippen LogP contribution in [0.3, 0.4) is 0 Å². The highest BCUT2D eigenvalue weighted by Gasteiger charge is 2.16. The summed E-state index contributed by atoms with van der Waals surface area (Å²) >= 11 is 0. The Labute approximate surface area is 83.7 Å². The highest BCUT2D eigenvalue weighted by Crippen LogP contribution is 2.31. The van der Waals surface area contributed by atoms with Crippen LogP contribution in [0, 0.1) is 5.41 Å². The van der Waals surface area contributed by atoms with Crippen molar-refractivity contribution in [3.05, 3.63) is 23.3 Å². The van der Waals surface area contributed by atoms with E-state index in [1.54, 1.807) is 0 Å². The summed E-state index contributed by atoms with van der Waals surface area (Å²) in [5, 5.41) is 0. The second-order valence-corrected chi connectivity index (χ2v) is 4.44. The molecule has 0 heterocycles. The average molecular weight is 180 g/mol. The normalized spacial score (nSPS) is 16.8. The summed E-state index contributed by atoms with van der Waals surface area (Å²) in [4.78, 5) is 0. The Morgan fingerprint density at radius 3 is 2.00 bits per heavy atom. The molecule has 0 unspecified atom stereocenters. The van der Waals surface area contributed by atoms with E-state index in [2.05, 4.69) is 39.8 Å². The first kappa shape index (κ1) is 12.5. The number of hydrogen-bond donors (Lipinski definition) is 0. The van der Waals surface area contributed by atoms with Crippen LogP contribution in [0.4, 0.5) is 0 Å². The fraction of sp³-hybridized carbons (Fsp3) is 0.692. The van der Waals surface area contributed by atoms with E-state index in [4.69, 9.17) is 0 Å². The Hall–Kier alpha value is -0.520. The lowest BCUT2D eigenvalue weighted by Crippen LogP contribution is -2.09. The SMILES string of the molecule is CC.CC1=CC(C(C)(C)C)=CCC1. The van der Waals surface area contributed by atoms with Crippen molar-refractivity contribution in [3.63, 3.8) is 0 Å². The van der Waals surface area contributed by atoms with Crippen LogP contribution in [-0.4, -0.2) is 0 Å². The highest BCUT2D eigenvalue weighted by atomic mass is 14.2. The van der Waals surface area contributed by atoms with Crippen molar-refractivity contribution in [2.75, 3.05) is 0 Å². The quantitative estimate of drug-likeness (QED) is 0.506. The van der Waals surface area contributed by atoms with E-state index in [-0.39, 0.29) is 0 Å². The van der Waals surface area contributed by atoms with Gasteiger partial charge >= 0.3 is 0 Å². The Kier molecular flexibility index (Phi) is 5.05. The Morgan fingerprint density at radius 1 is 1.15 bits per heavy atom. The molecule has 0 atom stereocenters. The van der Waals surface area contributed by atoms with Gasteiger partial charge < -0.3 is 0 Å². The lowest BCUT2D eigenvalue weighted by Gasteiger charge is -2.23. The summed E-state index contributed by atoms with van der Waals surface area (Å²) in [7, 11) is 0. The van der Waals surface area contributed by atoms with E-state index in [0.29, 0.717) is 5.41 Å². The molecule has 0 amide bonds. The maximum absolute atomic E-state index is 2.37. The maximum Gasteiger partial charge on any atom is -0.0135 e. The molecule has 1 aliphatic carbocycles. The van der Waals surface area contributed by atoms with Gasteiger partial charge in [-0.3, -0.25) is 0 Å². The van der Waals surface area contributed by atoms with Crippen LogP contribution in [-0.2, 0) is 0 Å². The molecule has 0 nitrogen and oxygen atoms in total. The molecule has 0 fully saturated rings. The van der Waals surface area contributed by atoms with Gasteiger partial charge in [-0.1, -0.05) is 52.3 Å². The lowest BCUT2D eigenvalue weighted by molar-refractivity contribution is 0.511. The minimum Gasteiger partial charge on any atom is -0.0805 e. The second-order valence-electron chi connectivity index (χ2n) is 4.44. The van der Waals surface area contributed by atoms with Crippen molar-refractivity contribution >= 4 is 0 Å². The third kappa shape index (κ3) is 4.31. The molecule has 1 rings (SSSR count). The minimum absolute atomic E-state index is 0.335. The van der Waals surface area contributed by atoms with Gasteiger partial charge in [0.15, 0.2) is 0 Å². The molecule has 0 saturated carbocycles. The van der Waals surface area contributed by atoms with E-state index in [0.717, 1.165) is 0 Å². The van der Waals surface area contributed by atoms with Crippen LogP contribution < -0.4 is 0 Å². The van der Waals surface area contributed by atoms with Crippen molar-refractivity contribution in [2.45, 2.75) is 54.4 Å². The van der Waals surface area contributed by atoms with E-state index in [9.17, 15) is 0 Å². The molecule has 13 heavy (non-hydrogen) atoms. The zero-order valence-corrected chi connectivity index (χ0v) is 10.1. The fourth-order valence-electron chi connectivity index (χ4n) is 1.37. The molecule has 0 radical (unpaired) electrons. The first-order valence-electron chi connectivity index (χ1n) is 5.38. The number of hydrogen-bond acceptors (Lipinski definition) is 0. The molecule has 0 aromatic rings. The van der Waals surface area contributed by atoms with Gasteiger partial charge in [-0.25, -0.2) is 0 Å². The van der Waals surface area contributed by atoms with Crippen LogP contribution in [0.15, 0.2) is 23.3 Å². The molecule has 0 aliphatic heterocycles. The van der Waals surface area contributed by atoms with Crippen molar-refractivity contribution < 1.29 is 0 Å². The van der Waals surface area contributed by atoms with E-state index in [1.165, 1.54) is 24.0 Å². The maximum atomic E-state index is 2.37. The Balaban J connectivity index is 0.000000671. The predicted octanol–water partition coefficient (Wildman–Crippen LogP) is 4.73. The summed E-state index contributed by atoms with van der Waals surface area (Å²) in [6.45, 7) is 13.0. The second kappa shape index (κ2) is 5.26. The summed E-state index contributed by atoms with van der Waals surface area (Å²) in [6, 6.07) is 0. The molecule has 0 spiro atoms. The standard InChI is InChI=1S/C11H18.C2H6/c1-9-6-5-7-10(8-9)11(2,3)4;1-2/h7-8H,5-6H2,1-4H3;1-2H3. The molecule has 0 heteroatoms. The van der Waals surface area contributed by atoms with Crippen LogP contribution in [0.5, 0.6) is 0 Å². The summed E-state index contributed by atoms with van der Waals surface area (Å²) in [5.41, 5.74) is 3.36. The Morgan fingerprint density at radius 2 is 1.69 bits per heavy atom. The molecule has 0 aromatic carbocycles. The molecule has 0 bridgehead atoms. The Bertz CT molecular complexity index is 199. The molecule has 0 aromatic heterocycles. The summed E-state index contributed by atoms with van der Waals surface area (Å²) in [6.07, 6.45) is 7.19. The van der Waals surface area contributed by atoms with Crippen molar-refractivity contribution in [2.24, 2.45) is 5.41 Å². The van der Waals surface area contributed by atoms with E-state index < -0.39 is 0 Å². The number of rotatable bonds is 0. The molecule has 76 valence electrons. The minimum atomic E-state index is 0.335. The van der Waals surface area contributed by atoms with E-state index >= 15 is 0 Å². The zero-order valence-electron chi connectivity index (χ0n) is 10.1. The number of allylic oxidation sites excluding steroid dienone is 4. The zero-order chi connectivity index (χ0) is 10.5. The van der Waals surface area contributed by atoms with Gasteiger partial charge in [-0.2, -0.15) is 0 Å². The van der Waals surface area contributed by atoms with Crippen LogP contribution >= 0.6 is 0 Å². The van der Waals surface area contributed by atoms with Crippen molar-refractivity contribution in [1.82, 2.24) is 0 Å². The molecular weight excluding hydrogens is 156 g/mol. The monoisotopic (exact) mass is 180 g/mol. The summed E-state index contributed by atoms with van der Waals surface area (Å²) in [5.74, 6) is 0.